The zero-order chi connectivity index (χ0) is 21.5. The van der Waals surface area contributed by atoms with Crippen molar-refractivity contribution in [3.05, 3.63) is 46.8 Å². The Bertz CT molecular complexity index is 1250. The largest absolute Gasteiger partial charge is 0.346 e. The van der Waals surface area contributed by atoms with Crippen molar-refractivity contribution in [1.29, 1.82) is 0 Å². The minimum absolute atomic E-state index is 0.0202. The van der Waals surface area contributed by atoms with Crippen LogP contribution in [0.4, 0.5) is 0 Å². The van der Waals surface area contributed by atoms with E-state index in [1.165, 1.54) is 11.3 Å². The minimum atomic E-state index is -0.142. The lowest BCUT2D eigenvalue weighted by molar-refractivity contribution is 0.0921. The van der Waals surface area contributed by atoms with Crippen molar-refractivity contribution in [3.63, 3.8) is 0 Å². The maximum atomic E-state index is 12.8. The number of amides is 1. The van der Waals surface area contributed by atoms with Gasteiger partial charge in [0.2, 0.25) is 0 Å². The molecule has 160 valence electrons. The number of carbonyl (C=O) groups excluding carboxylic acids is 1. The lowest BCUT2D eigenvalue weighted by Crippen LogP contribution is -2.49. The molecule has 0 aliphatic heterocycles. The van der Waals surface area contributed by atoms with Crippen LogP contribution in [0.5, 0.6) is 0 Å². The highest BCUT2D eigenvalue weighted by Gasteiger charge is 2.26. The minimum Gasteiger partial charge on any atom is -0.346 e. The molecule has 1 aliphatic rings. The lowest BCUT2D eigenvalue weighted by atomic mass is 9.91. The molecule has 1 aliphatic carbocycles. The average molecular weight is 436 g/mol. The molecule has 4 heterocycles. The van der Waals surface area contributed by atoms with E-state index < -0.39 is 0 Å². The molecule has 9 heteroatoms. The summed E-state index contributed by atoms with van der Waals surface area (Å²) < 4.78 is 3.62. The Morgan fingerprint density at radius 2 is 2.00 bits per heavy atom. The highest BCUT2D eigenvalue weighted by atomic mass is 32.1. The van der Waals surface area contributed by atoms with Gasteiger partial charge in [-0.1, -0.05) is 18.9 Å². The van der Waals surface area contributed by atoms with Crippen LogP contribution in [-0.4, -0.2) is 42.4 Å². The van der Waals surface area contributed by atoms with Crippen LogP contribution in [0, 0.1) is 6.92 Å². The summed E-state index contributed by atoms with van der Waals surface area (Å²) in [7, 11) is 1.90. The second kappa shape index (κ2) is 7.90. The van der Waals surface area contributed by atoms with E-state index in [-0.39, 0.29) is 18.0 Å². The third-order valence-corrected chi connectivity index (χ3v) is 6.91. The van der Waals surface area contributed by atoms with E-state index in [1.807, 2.05) is 49.3 Å². The van der Waals surface area contributed by atoms with Crippen LogP contribution in [0.25, 0.3) is 27.9 Å². The molecule has 0 aromatic carbocycles. The summed E-state index contributed by atoms with van der Waals surface area (Å²) in [6.07, 6.45) is 11.7. The standard InChI is InChI=1S/C22H25N7OS/c1-13-20(27-22(31-13)21(30)26-18-6-4-3-5-17(18)23)16-10-25-29-12-14(7-8-19(16)29)15-9-24-28(2)11-15/h7-12,17-18H,3-6,23H2,1-2H3,(H,26,30). The Morgan fingerprint density at radius 1 is 1.16 bits per heavy atom. The van der Waals surface area contributed by atoms with E-state index >= 15 is 0 Å². The van der Waals surface area contributed by atoms with Crippen molar-refractivity contribution in [2.45, 2.75) is 44.7 Å². The fraction of sp³-hybridized carbons (Fsp3) is 0.364. The predicted molar refractivity (Wildman–Crippen MR) is 121 cm³/mol. The van der Waals surface area contributed by atoms with Gasteiger partial charge in [-0.3, -0.25) is 9.48 Å². The maximum Gasteiger partial charge on any atom is 0.280 e. The van der Waals surface area contributed by atoms with Gasteiger partial charge >= 0.3 is 0 Å². The quantitative estimate of drug-likeness (QED) is 0.512. The van der Waals surface area contributed by atoms with Crippen LogP contribution >= 0.6 is 11.3 Å². The molecule has 1 saturated carbocycles. The topological polar surface area (TPSA) is 103 Å². The van der Waals surface area contributed by atoms with Gasteiger partial charge in [-0.25, -0.2) is 9.50 Å². The third kappa shape index (κ3) is 3.75. The van der Waals surface area contributed by atoms with E-state index in [9.17, 15) is 4.79 Å². The number of aryl methyl sites for hydroxylation is 2. The van der Waals surface area contributed by atoms with Crippen molar-refractivity contribution in [1.82, 2.24) is 29.7 Å². The molecule has 0 saturated heterocycles. The summed E-state index contributed by atoms with van der Waals surface area (Å²) in [5, 5.41) is 12.3. The summed E-state index contributed by atoms with van der Waals surface area (Å²) >= 11 is 1.41. The van der Waals surface area contributed by atoms with E-state index in [1.54, 1.807) is 4.68 Å². The highest BCUT2D eigenvalue weighted by molar-refractivity contribution is 7.14. The monoisotopic (exact) mass is 435 g/mol. The summed E-state index contributed by atoms with van der Waals surface area (Å²) in [5.74, 6) is -0.142. The molecule has 8 nitrogen and oxygen atoms in total. The Hall–Kier alpha value is -3.04. The molecule has 31 heavy (non-hydrogen) atoms. The molecule has 1 amide bonds. The zero-order valence-electron chi connectivity index (χ0n) is 17.6. The Balaban J connectivity index is 1.42. The Labute approximate surface area is 184 Å². The highest BCUT2D eigenvalue weighted by Crippen LogP contribution is 2.32. The number of nitrogens with one attached hydrogen (secondary N) is 1. The molecule has 4 aromatic rings. The molecule has 2 atom stereocenters. The average Bonchev–Trinajstić information content (AvgIpc) is 3.47. The Kier molecular flexibility index (Phi) is 5.07. The number of hydrogen-bond donors (Lipinski definition) is 2. The third-order valence-electron chi connectivity index (χ3n) is 5.94. The van der Waals surface area contributed by atoms with Gasteiger partial charge in [0.1, 0.15) is 0 Å². The molecule has 0 radical (unpaired) electrons. The summed E-state index contributed by atoms with van der Waals surface area (Å²) in [6, 6.07) is 4.13. The molecule has 2 unspecified atom stereocenters. The van der Waals surface area contributed by atoms with Gasteiger partial charge in [0.25, 0.3) is 5.91 Å². The first-order valence-corrected chi connectivity index (χ1v) is 11.3. The summed E-state index contributed by atoms with van der Waals surface area (Å²) in [5.41, 5.74) is 10.9. The van der Waals surface area contributed by atoms with E-state index in [4.69, 9.17) is 5.73 Å². The van der Waals surface area contributed by atoms with Gasteiger partial charge < -0.3 is 11.1 Å². The number of hydrogen-bond acceptors (Lipinski definition) is 6. The summed E-state index contributed by atoms with van der Waals surface area (Å²) in [4.78, 5) is 18.5. The molecule has 5 rings (SSSR count). The van der Waals surface area contributed by atoms with E-state index in [2.05, 4.69) is 26.6 Å². The normalized spacial score (nSPS) is 19.1. The van der Waals surface area contributed by atoms with Crippen LogP contribution < -0.4 is 11.1 Å². The molecule has 0 bridgehead atoms. The van der Waals surface area contributed by atoms with E-state index in [0.29, 0.717) is 5.01 Å². The zero-order valence-corrected chi connectivity index (χ0v) is 18.4. The van der Waals surface area contributed by atoms with Crippen LogP contribution in [0.15, 0.2) is 36.9 Å². The van der Waals surface area contributed by atoms with Crippen molar-refractivity contribution >= 4 is 22.8 Å². The van der Waals surface area contributed by atoms with Gasteiger partial charge in [0.15, 0.2) is 5.01 Å². The van der Waals surface area contributed by atoms with Gasteiger partial charge in [0.05, 0.1) is 23.6 Å². The van der Waals surface area contributed by atoms with Crippen LogP contribution in [-0.2, 0) is 7.05 Å². The number of pyridine rings is 1. The van der Waals surface area contributed by atoms with Gasteiger partial charge in [0, 0.05) is 53.1 Å². The number of nitrogens with two attached hydrogens (primary N) is 1. The first-order chi connectivity index (χ1) is 15.0. The molecule has 3 N–H and O–H groups in total. The first kappa shape index (κ1) is 19.9. The molecular weight excluding hydrogens is 410 g/mol. The van der Waals surface area contributed by atoms with Crippen molar-refractivity contribution in [2.75, 3.05) is 0 Å². The summed E-state index contributed by atoms with van der Waals surface area (Å²) in [6.45, 7) is 1.99. The fourth-order valence-corrected chi connectivity index (χ4v) is 5.05. The predicted octanol–water partition coefficient (Wildman–Crippen LogP) is 3.17. The second-order valence-electron chi connectivity index (χ2n) is 8.16. The SMILES string of the molecule is Cc1sc(C(=O)NC2CCCCC2N)nc1-c1cnn2cc(-c3cnn(C)c3)ccc12. The number of rotatable bonds is 4. The van der Waals surface area contributed by atoms with Crippen LogP contribution in [0.2, 0.25) is 0 Å². The van der Waals surface area contributed by atoms with Crippen LogP contribution in [0.3, 0.4) is 0 Å². The number of aromatic nitrogens is 5. The van der Waals surface area contributed by atoms with Gasteiger partial charge in [-0.05, 0) is 25.8 Å². The van der Waals surface area contributed by atoms with Gasteiger partial charge in [-0.2, -0.15) is 10.2 Å². The Morgan fingerprint density at radius 3 is 2.77 bits per heavy atom. The van der Waals surface area contributed by atoms with Crippen molar-refractivity contribution < 1.29 is 4.79 Å². The van der Waals surface area contributed by atoms with Crippen molar-refractivity contribution in [3.8, 4) is 22.4 Å². The van der Waals surface area contributed by atoms with Crippen molar-refractivity contribution in [2.24, 2.45) is 12.8 Å². The van der Waals surface area contributed by atoms with E-state index in [0.717, 1.165) is 58.5 Å². The second-order valence-corrected chi connectivity index (χ2v) is 9.36. The molecule has 1 fully saturated rings. The smallest absolute Gasteiger partial charge is 0.280 e. The first-order valence-electron chi connectivity index (χ1n) is 10.5. The molecule has 4 aromatic heterocycles. The van der Waals surface area contributed by atoms with Crippen LogP contribution in [0.1, 0.15) is 40.4 Å². The number of nitrogens with zero attached hydrogens (tertiary/aromatic N) is 5. The molecular formula is C22H25N7OS. The van der Waals surface area contributed by atoms with Gasteiger partial charge in [-0.15, -0.1) is 11.3 Å². The number of thiazole rings is 1. The number of carbonyl (C=O) groups is 1. The maximum absolute atomic E-state index is 12.8. The molecule has 0 spiro atoms. The fourth-order valence-electron chi connectivity index (χ4n) is 4.22. The number of fused-ring (bicyclic) bond motifs is 1. The lowest BCUT2D eigenvalue weighted by Gasteiger charge is -2.28.